The molecule has 1 atom stereocenters. The quantitative estimate of drug-likeness (QED) is 0.214. The van der Waals surface area contributed by atoms with Gasteiger partial charge in [-0.25, -0.2) is 0 Å². The third kappa shape index (κ3) is 6.03. The Hall–Kier alpha value is -2.96. The van der Waals surface area contributed by atoms with E-state index in [4.69, 9.17) is 14.2 Å². The number of H-pyrrole nitrogens is 1. The first-order valence-electron chi connectivity index (χ1n) is 10.6. The number of hydrogen-bond donors (Lipinski definition) is 3. The number of rotatable bonds is 13. The van der Waals surface area contributed by atoms with Gasteiger partial charge in [-0.2, -0.15) is 0 Å². The first-order chi connectivity index (χ1) is 15.1. The van der Waals surface area contributed by atoms with Crippen LogP contribution in [-0.4, -0.2) is 49.6 Å². The number of fused-ring (bicyclic) bond motifs is 3. The van der Waals surface area contributed by atoms with E-state index in [1.165, 1.54) is 0 Å². The second-order valence-corrected chi connectivity index (χ2v) is 7.38. The monoisotopic (exact) mass is 424 g/mol. The molecule has 1 aromatic heterocycles. The van der Waals surface area contributed by atoms with E-state index in [1.54, 1.807) is 7.11 Å². The number of hydrogen-bond acceptors (Lipinski definition) is 5. The Morgan fingerprint density at radius 3 is 2.81 bits per heavy atom. The highest BCUT2D eigenvalue weighted by Gasteiger charge is 2.11. The highest BCUT2D eigenvalue weighted by atomic mass is 16.5. The molecule has 6 nitrogen and oxygen atoms in total. The Balaban J connectivity index is 1.46. The number of para-hydroxylation sites is 1. The molecule has 0 aliphatic rings. The third-order valence-electron chi connectivity index (χ3n) is 5.13. The van der Waals surface area contributed by atoms with Crippen molar-refractivity contribution in [1.82, 2.24) is 10.3 Å². The molecule has 1 unspecified atom stereocenters. The molecule has 6 heteroatoms. The topological polar surface area (TPSA) is 75.7 Å². The highest BCUT2D eigenvalue weighted by Crippen LogP contribution is 2.32. The van der Waals surface area contributed by atoms with Crippen LogP contribution in [0.4, 0.5) is 0 Å². The van der Waals surface area contributed by atoms with Crippen LogP contribution in [0, 0.1) is 0 Å². The van der Waals surface area contributed by atoms with Crippen LogP contribution >= 0.6 is 0 Å². The number of benzene rings is 2. The second-order valence-electron chi connectivity index (χ2n) is 7.38. The van der Waals surface area contributed by atoms with Crippen molar-refractivity contribution in [3.05, 3.63) is 66.6 Å². The molecule has 3 N–H and O–H groups in total. The number of allylic oxidation sites excluding steroid dienone is 3. The van der Waals surface area contributed by atoms with E-state index in [2.05, 4.69) is 22.9 Å². The van der Waals surface area contributed by atoms with Gasteiger partial charge in [-0.1, -0.05) is 30.3 Å². The summed E-state index contributed by atoms with van der Waals surface area (Å²) in [6, 6.07) is 14.1. The number of ether oxygens (including phenoxy) is 3. The molecule has 0 aliphatic carbocycles. The normalized spacial score (nSPS) is 13.1. The Bertz CT molecular complexity index is 1020. The van der Waals surface area contributed by atoms with Crippen molar-refractivity contribution >= 4 is 21.8 Å². The molecule has 3 aromatic rings. The Labute approximate surface area is 183 Å². The van der Waals surface area contributed by atoms with E-state index in [0.29, 0.717) is 19.7 Å². The van der Waals surface area contributed by atoms with E-state index in [9.17, 15) is 5.11 Å². The summed E-state index contributed by atoms with van der Waals surface area (Å²) < 4.78 is 17.0. The Morgan fingerprint density at radius 2 is 2.00 bits per heavy atom. The van der Waals surface area contributed by atoms with Gasteiger partial charge in [-0.15, -0.1) is 6.58 Å². The largest absolute Gasteiger partial charge is 0.498 e. The first-order valence-corrected chi connectivity index (χ1v) is 10.6. The number of nitrogens with one attached hydrogen (secondary N) is 2. The van der Waals surface area contributed by atoms with E-state index >= 15 is 0 Å². The fourth-order valence-electron chi connectivity index (χ4n) is 3.45. The maximum atomic E-state index is 10.3. The van der Waals surface area contributed by atoms with Crippen LogP contribution in [0.2, 0.25) is 0 Å². The van der Waals surface area contributed by atoms with Crippen LogP contribution in [0.25, 0.3) is 21.8 Å². The average Bonchev–Trinajstić information content (AvgIpc) is 3.18. The van der Waals surface area contributed by atoms with Crippen molar-refractivity contribution in [2.75, 3.05) is 33.4 Å². The molecule has 0 radical (unpaired) electrons. The van der Waals surface area contributed by atoms with Crippen LogP contribution < -0.4 is 10.1 Å². The summed E-state index contributed by atoms with van der Waals surface area (Å²) in [5.74, 6) is 2.38. The van der Waals surface area contributed by atoms with Crippen molar-refractivity contribution in [3.8, 4) is 5.75 Å². The van der Waals surface area contributed by atoms with Crippen LogP contribution in [0.1, 0.15) is 19.8 Å². The SMILES string of the molecule is C=CCC/C(OCCNCC(O)COc1cccc2[nH]c3ccccc3c12)=C(\C)OC. The molecule has 0 amide bonds. The van der Waals surface area contributed by atoms with Gasteiger partial charge < -0.3 is 29.6 Å². The smallest absolute Gasteiger partial charge is 0.134 e. The van der Waals surface area contributed by atoms with Gasteiger partial charge in [-0.3, -0.25) is 0 Å². The fourth-order valence-corrected chi connectivity index (χ4v) is 3.45. The van der Waals surface area contributed by atoms with E-state index < -0.39 is 6.10 Å². The van der Waals surface area contributed by atoms with E-state index in [-0.39, 0.29) is 6.61 Å². The summed E-state index contributed by atoms with van der Waals surface area (Å²) in [5, 5.41) is 15.7. The lowest BCUT2D eigenvalue weighted by molar-refractivity contribution is 0.104. The zero-order valence-corrected chi connectivity index (χ0v) is 18.3. The summed E-state index contributed by atoms with van der Waals surface area (Å²) in [6.45, 7) is 7.37. The van der Waals surface area contributed by atoms with Crippen molar-refractivity contribution in [3.63, 3.8) is 0 Å². The maximum absolute atomic E-state index is 10.3. The maximum Gasteiger partial charge on any atom is 0.134 e. The number of methoxy groups -OCH3 is 1. The zero-order valence-electron chi connectivity index (χ0n) is 18.3. The molecular formula is C25H32N2O4. The van der Waals surface area contributed by atoms with Crippen LogP contribution in [0.3, 0.4) is 0 Å². The second kappa shape index (κ2) is 11.4. The molecule has 0 aliphatic heterocycles. The van der Waals surface area contributed by atoms with Gasteiger partial charge in [-0.05, 0) is 31.5 Å². The molecule has 2 aromatic carbocycles. The standard InChI is InChI=1S/C25H32N2O4/c1-4-5-12-23(18(2)29-3)30-15-14-26-16-19(28)17-31-24-13-8-11-22-25(24)20-9-6-7-10-21(20)27-22/h4,6-11,13,19,26-28H,1,5,12,14-17H2,2-3H3/b23-18-. The lowest BCUT2D eigenvalue weighted by Crippen LogP contribution is -2.33. The molecule has 3 rings (SSSR count). The molecule has 0 fully saturated rings. The Morgan fingerprint density at radius 1 is 1.19 bits per heavy atom. The van der Waals surface area contributed by atoms with Gasteiger partial charge in [0.25, 0.3) is 0 Å². The van der Waals surface area contributed by atoms with Gasteiger partial charge in [0.2, 0.25) is 0 Å². The first kappa shape index (κ1) is 22.7. The van der Waals surface area contributed by atoms with Gasteiger partial charge in [0.15, 0.2) is 0 Å². The number of aliphatic hydroxyl groups excluding tert-OH is 1. The van der Waals surface area contributed by atoms with Crippen molar-refractivity contribution in [2.24, 2.45) is 0 Å². The summed E-state index contributed by atoms with van der Waals surface area (Å²) in [6.07, 6.45) is 2.83. The lowest BCUT2D eigenvalue weighted by atomic mass is 10.1. The molecular weight excluding hydrogens is 392 g/mol. The van der Waals surface area contributed by atoms with E-state index in [0.717, 1.165) is 51.9 Å². The molecule has 31 heavy (non-hydrogen) atoms. The summed E-state index contributed by atoms with van der Waals surface area (Å²) >= 11 is 0. The predicted molar refractivity (Wildman–Crippen MR) is 125 cm³/mol. The summed E-state index contributed by atoms with van der Waals surface area (Å²) in [4.78, 5) is 3.40. The van der Waals surface area contributed by atoms with Crippen molar-refractivity contribution < 1.29 is 19.3 Å². The number of aromatic nitrogens is 1. The van der Waals surface area contributed by atoms with Crippen LogP contribution in [0.5, 0.6) is 5.75 Å². The van der Waals surface area contributed by atoms with Crippen molar-refractivity contribution in [1.29, 1.82) is 0 Å². The lowest BCUT2D eigenvalue weighted by Gasteiger charge is -2.16. The zero-order chi connectivity index (χ0) is 22.1. The minimum atomic E-state index is -0.628. The van der Waals surface area contributed by atoms with Gasteiger partial charge in [0.05, 0.1) is 12.6 Å². The third-order valence-corrected chi connectivity index (χ3v) is 5.13. The number of aromatic amines is 1. The van der Waals surface area contributed by atoms with Gasteiger partial charge >= 0.3 is 0 Å². The Kier molecular flexibility index (Phi) is 8.38. The molecule has 0 spiro atoms. The fraction of sp³-hybridized carbons (Fsp3) is 0.360. The molecule has 166 valence electrons. The van der Waals surface area contributed by atoms with E-state index in [1.807, 2.05) is 49.4 Å². The van der Waals surface area contributed by atoms with Gasteiger partial charge in [0.1, 0.15) is 36.6 Å². The summed E-state index contributed by atoms with van der Waals surface area (Å²) in [5.41, 5.74) is 2.09. The molecule has 1 heterocycles. The molecule has 0 saturated carbocycles. The average molecular weight is 425 g/mol. The number of aliphatic hydroxyl groups is 1. The minimum absolute atomic E-state index is 0.208. The van der Waals surface area contributed by atoms with Gasteiger partial charge in [0, 0.05) is 35.8 Å². The molecule has 0 bridgehead atoms. The van der Waals surface area contributed by atoms with Crippen LogP contribution in [-0.2, 0) is 9.47 Å². The van der Waals surface area contributed by atoms with Crippen molar-refractivity contribution in [2.45, 2.75) is 25.9 Å². The molecule has 0 saturated heterocycles. The summed E-state index contributed by atoms with van der Waals surface area (Å²) in [7, 11) is 1.64. The minimum Gasteiger partial charge on any atom is -0.498 e. The highest BCUT2D eigenvalue weighted by molar-refractivity contribution is 6.10. The van der Waals surface area contributed by atoms with Crippen LogP contribution in [0.15, 0.2) is 66.6 Å². The predicted octanol–water partition coefficient (Wildman–Crippen LogP) is 4.51.